The summed E-state index contributed by atoms with van der Waals surface area (Å²) >= 11 is 5.94. The SMILES string of the molecule is CCC(CC)N(CCOC)c1cc(C)nc(Cl)n1. The molecule has 0 saturated carbocycles. The van der Waals surface area contributed by atoms with Crippen LogP contribution in [0.1, 0.15) is 32.4 Å². The first kappa shape index (κ1) is 15.2. The minimum Gasteiger partial charge on any atom is -0.383 e. The van der Waals surface area contributed by atoms with Gasteiger partial charge in [0.1, 0.15) is 5.82 Å². The van der Waals surface area contributed by atoms with Crippen molar-refractivity contribution in [2.24, 2.45) is 0 Å². The van der Waals surface area contributed by atoms with Crippen LogP contribution in [0.25, 0.3) is 0 Å². The molecule has 1 heterocycles. The standard InChI is InChI=1S/C13H22ClN3O/c1-5-11(6-2)17(7-8-18-4)12-9-10(3)15-13(14)16-12/h9,11H,5-8H2,1-4H3. The second kappa shape index (κ2) is 7.54. The molecule has 5 heteroatoms. The fraction of sp³-hybridized carbons (Fsp3) is 0.692. The van der Waals surface area contributed by atoms with Crippen LogP contribution in [0.4, 0.5) is 5.82 Å². The van der Waals surface area contributed by atoms with E-state index in [4.69, 9.17) is 16.3 Å². The van der Waals surface area contributed by atoms with E-state index in [1.165, 1.54) is 0 Å². The van der Waals surface area contributed by atoms with E-state index in [9.17, 15) is 0 Å². The Morgan fingerprint density at radius 1 is 1.33 bits per heavy atom. The molecular weight excluding hydrogens is 250 g/mol. The molecule has 0 atom stereocenters. The number of hydrogen-bond acceptors (Lipinski definition) is 4. The smallest absolute Gasteiger partial charge is 0.224 e. The van der Waals surface area contributed by atoms with Crippen molar-refractivity contribution in [3.8, 4) is 0 Å². The molecule has 0 unspecified atom stereocenters. The van der Waals surface area contributed by atoms with E-state index in [2.05, 4.69) is 28.7 Å². The molecule has 18 heavy (non-hydrogen) atoms. The highest BCUT2D eigenvalue weighted by Gasteiger charge is 2.17. The van der Waals surface area contributed by atoms with Crippen LogP contribution in [0.15, 0.2) is 6.07 Å². The molecule has 102 valence electrons. The first-order valence-electron chi connectivity index (χ1n) is 6.39. The fourth-order valence-corrected chi connectivity index (χ4v) is 2.29. The number of anilines is 1. The van der Waals surface area contributed by atoms with Crippen LogP contribution in [0.5, 0.6) is 0 Å². The zero-order valence-corrected chi connectivity index (χ0v) is 12.4. The number of hydrogen-bond donors (Lipinski definition) is 0. The van der Waals surface area contributed by atoms with Crippen molar-refractivity contribution in [3.05, 3.63) is 17.0 Å². The van der Waals surface area contributed by atoms with Crippen molar-refractivity contribution in [1.82, 2.24) is 9.97 Å². The molecule has 1 aromatic heterocycles. The third kappa shape index (κ3) is 4.10. The monoisotopic (exact) mass is 271 g/mol. The summed E-state index contributed by atoms with van der Waals surface area (Å²) in [5.74, 6) is 0.887. The summed E-state index contributed by atoms with van der Waals surface area (Å²) in [5.41, 5.74) is 0.887. The Hall–Kier alpha value is -0.870. The summed E-state index contributed by atoms with van der Waals surface area (Å²) < 4.78 is 5.18. The van der Waals surface area contributed by atoms with Crippen LogP contribution in [0.2, 0.25) is 5.28 Å². The molecule has 1 rings (SSSR count). The van der Waals surface area contributed by atoms with E-state index in [-0.39, 0.29) is 0 Å². The van der Waals surface area contributed by atoms with Crippen molar-refractivity contribution >= 4 is 17.4 Å². The van der Waals surface area contributed by atoms with Gasteiger partial charge in [-0.3, -0.25) is 0 Å². The molecule has 4 nitrogen and oxygen atoms in total. The van der Waals surface area contributed by atoms with E-state index >= 15 is 0 Å². The molecule has 0 fully saturated rings. The first-order valence-corrected chi connectivity index (χ1v) is 6.76. The van der Waals surface area contributed by atoms with Crippen LogP contribution >= 0.6 is 11.6 Å². The van der Waals surface area contributed by atoms with Crippen LogP contribution in [0.3, 0.4) is 0 Å². The molecular formula is C13H22ClN3O. The van der Waals surface area contributed by atoms with Gasteiger partial charge in [0.05, 0.1) is 6.61 Å². The summed E-state index contributed by atoms with van der Waals surface area (Å²) in [5, 5.41) is 0.304. The minimum atomic E-state index is 0.304. The Kier molecular flexibility index (Phi) is 6.36. The zero-order valence-electron chi connectivity index (χ0n) is 11.6. The van der Waals surface area contributed by atoms with E-state index in [1.54, 1.807) is 7.11 Å². The molecule has 0 radical (unpaired) electrons. The van der Waals surface area contributed by atoms with Gasteiger partial charge in [0.15, 0.2) is 0 Å². The first-order chi connectivity index (χ1) is 8.62. The van der Waals surface area contributed by atoms with Crippen molar-refractivity contribution in [3.63, 3.8) is 0 Å². The predicted molar refractivity (Wildman–Crippen MR) is 75.4 cm³/mol. The summed E-state index contributed by atoms with van der Waals surface area (Å²) in [7, 11) is 1.71. The number of aromatic nitrogens is 2. The summed E-state index contributed by atoms with van der Waals surface area (Å²) in [6.07, 6.45) is 2.14. The molecule has 0 aliphatic heterocycles. The van der Waals surface area contributed by atoms with Gasteiger partial charge in [-0.25, -0.2) is 9.97 Å². The average molecular weight is 272 g/mol. The third-order valence-corrected chi connectivity index (χ3v) is 3.20. The lowest BCUT2D eigenvalue weighted by Gasteiger charge is -2.31. The van der Waals surface area contributed by atoms with Crippen molar-refractivity contribution < 1.29 is 4.74 Å². The minimum absolute atomic E-state index is 0.304. The second-order valence-electron chi connectivity index (χ2n) is 4.29. The summed E-state index contributed by atoms with van der Waals surface area (Å²) in [6, 6.07) is 2.42. The lowest BCUT2D eigenvalue weighted by Crippen LogP contribution is -2.37. The van der Waals surface area contributed by atoms with Crippen molar-refractivity contribution in [2.75, 3.05) is 25.2 Å². The zero-order chi connectivity index (χ0) is 13.5. The van der Waals surface area contributed by atoms with Gasteiger partial charge in [0, 0.05) is 31.5 Å². The number of methoxy groups -OCH3 is 1. The molecule has 0 bridgehead atoms. The molecule has 0 saturated heterocycles. The predicted octanol–water partition coefficient (Wildman–Crippen LogP) is 3.08. The van der Waals surface area contributed by atoms with Gasteiger partial charge in [0.25, 0.3) is 0 Å². The maximum Gasteiger partial charge on any atom is 0.224 e. The second-order valence-corrected chi connectivity index (χ2v) is 4.63. The number of ether oxygens (including phenoxy) is 1. The molecule has 1 aromatic rings. The van der Waals surface area contributed by atoms with Crippen LogP contribution in [0, 0.1) is 6.92 Å². The Morgan fingerprint density at radius 2 is 2.00 bits per heavy atom. The van der Waals surface area contributed by atoms with E-state index in [1.807, 2.05) is 13.0 Å². The van der Waals surface area contributed by atoms with E-state index < -0.39 is 0 Å². The summed E-state index contributed by atoms with van der Waals surface area (Å²) in [6.45, 7) is 7.79. The van der Waals surface area contributed by atoms with Gasteiger partial charge >= 0.3 is 0 Å². The number of nitrogens with zero attached hydrogens (tertiary/aromatic N) is 3. The van der Waals surface area contributed by atoms with Gasteiger partial charge in [-0.1, -0.05) is 13.8 Å². The lowest BCUT2D eigenvalue weighted by atomic mass is 10.1. The topological polar surface area (TPSA) is 38.2 Å². The van der Waals surface area contributed by atoms with Crippen LogP contribution in [-0.2, 0) is 4.74 Å². The number of rotatable bonds is 7. The Labute approximate surface area is 114 Å². The molecule has 0 aliphatic rings. The third-order valence-electron chi connectivity index (χ3n) is 3.03. The Morgan fingerprint density at radius 3 is 2.50 bits per heavy atom. The van der Waals surface area contributed by atoms with Crippen molar-refractivity contribution in [2.45, 2.75) is 39.7 Å². The van der Waals surface area contributed by atoms with Crippen LogP contribution < -0.4 is 4.90 Å². The highest BCUT2D eigenvalue weighted by atomic mass is 35.5. The molecule has 0 aliphatic carbocycles. The molecule has 0 N–H and O–H groups in total. The van der Waals surface area contributed by atoms with Gasteiger partial charge in [-0.2, -0.15) is 0 Å². The fourth-order valence-electron chi connectivity index (χ4n) is 2.07. The Bertz CT molecular complexity index is 349. The Balaban J connectivity index is 2.99. The van der Waals surface area contributed by atoms with E-state index in [0.29, 0.717) is 17.9 Å². The van der Waals surface area contributed by atoms with Crippen LogP contribution in [-0.4, -0.2) is 36.3 Å². The number of aryl methyl sites for hydroxylation is 1. The van der Waals surface area contributed by atoms with E-state index in [0.717, 1.165) is 30.9 Å². The van der Waals surface area contributed by atoms with Gasteiger partial charge in [0.2, 0.25) is 5.28 Å². The largest absolute Gasteiger partial charge is 0.383 e. The van der Waals surface area contributed by atoms with Crippen molar-refractivity contribution in [1.29, 1.82) is 0 Å². The normalized spacial score (nSPS) is 11.0. The van der Waals surface area contributed by atoms with Gasteiger partial charge in [-0.05, 0) is 31.4 Å². The average Bonchev–Trinajstić information content (AvgIpc) is 2.33. The maximum absolute atomic E-state index is 5.94. The quantitative estimate of drug-likeness (QED) is 0.715. The molecule has 0 amide bonds. The van der Waals surface area contributed by atoms with Gasteiger partial charge < -0.3 is 9.64 Å². The molecule has 0 spiro atoms. The molecule has 0 aromatic carbocycles. The highest BCUT2D eigenvalue weighted by molar-refractivity contribution is 6.28. The number of halogens is 1. The summed E-state index contributed by atoms with van der Waals surface area (Å²) in [4.78, 5) is 10.7. The highest BCUT2D eigenvalue weighted by Crippen LogP contribution is 2.20. The van der Waals surface area contributed by atoms with Gasteiger partial charge in [-0.15, -0.1) is 0 Å². The lowest BCUT2D eigenvalue weighted by molar-refractivity contribution is 0.202. The maximum atomic E-state index is 5.94.